The third-order valence-electron chi connectivity index (χ3n) is 6.56. The van der Waals surface area contributed by atoms with Gasteiger partial charge in [0.05, 0.1) is 11.1 Å². The van der Waals surface area contributed by atoms with Gasteiger partial charge < -0.3 is 28.7 Å². The summed E-state index contributed by atoms with van der Waals surface area (Å²) in [5.41, 5.74) is 1.58. The highest BCUT2D eigenvalue weighted by Crippen LogP contribution is 2.13. The van der Waals surface area contributed by atoms with E-state index in [2.05, 4.69) is 20.4 Å². The summed E-state index contributed by atoms with van der Waals surface area (Å²) < 4.78 is 21.0. The van der Waals surface area contributed by atoms with Crippen LogP contribution in [0.4, 0.5) is 21.0 Å². The first-order chi connectivity index (χ1) is 20.7. The van der Waals surface area contributed by atoms with Gasteiger partial charge in [0.2, 0.25) is 0 Å². The Kier molecular flexibility index (Phi) is 15.6. The lowest BCUT2D eigenvalue weighted by Crippen LogP contribution is -2.28. The minimum absolute atomic E-state index is 0.186. The van der Waals surface area contributed by atoms with E-state index in [-0.39, 0.29) is 6.61 Å². The predicted octanol–water partition coefficient (Wildman–Crippen LogP) is 4.87. The SMILES string of the molecule is CCN(CC)CCOC(=O)c1ccc(NC(=O)OC[C@H](C)OC(=O)Nc2ccc(C(=O)OCCN(CC)CC)cc2)cc1. The van der Waals surface area contributed by atoms with E-state index >= 15 is 0 Å². The summed E-state index contributed by atoms with van der Waals surface area (Å²) in [4.78, 5) is 53.1. The molecule has 0 bridgehead atoms. The van der Waals surface area contributed by atoms with Crippen molar-refractivity contribution in [3.8, 4) is 0 Å². The van der Waals surface area contributed by atoms with Crippen LogP contribution in [0.2, 0.25) is 0 Å². The van der Waals surface area contributed by atoms with Crippen molar-refractivity contribution in [3.05, 3.63) is 59.7 Å². The Morgan fingerprint density at radius 2 is 1.02 bits per heavy atom. The summed E-state index contributed by atoms with van der Waals surface area (Å²) in [6.07, 6.45) is -2.23. The van der Waals surface area contributed by atoms with Gasteiger partial charge in [0, 0.05) is 24.5 Å². The first-order valence-electron chi connectivity index (χ1n) is 14.6. The second-order valence-electron chi connectivity index (χ2n) is 9.54. The normalized spacial score (nSPS) is 11.5. The van der Waals surface area contributed by atoms with Crippen LogP contribution in [-0.4, -0.2) is 99.1 Å². The molecule has 12 nitrogen and oxygen atoms in total. The summed E-state index contributed by atoms with van der Waals surface area (Å²) in [7, 11) is 0. The molecular weight excluding hydrogens is 556 g/mol. The number of ether oxygens (including phenoxy) is 4. The minimum Gasteiger partial charge on any atom is -0.461 e. The molecular formula is C31H44N4O8. The number of hydrogen-bond donors (Lipinski definition) is 2. The van der Waals surface area contributed by atoms with Gasteiger partial charge in [0.15, 0.2) is 0 Å². The molecule has 0 aromatic heterocycles. The van der Waals surface area contributed by atoms with Crippen molar-refractivity contribution in [2.45, 2.75) is 40.7 Å². The van der Waals surface area contributed by atoms with Crippen LogP contribution in [0.1, 0.15) is 55.3 Å². The zero-order valence-corrected chi connectivity index (χ0v) is 25.7. The van der Waals surface area contributed by atoms with Crippen molar-refractivity contribution < 1.29 is 38.1 Å². The lowest BCUT2D eigenvalue weighted by molar-refractivity contribution is 0.0457. The van der Waals surface area contributed by atoms with Crippen molar-refractivity contribution in [2.24, 2.45) is 0 Å². The molecule has 2 amide bonds. The Morgan fingerprint density at radius 1 is 0.628 bits per heavy atom. The molecule has 0 radical (unpaired) electrons. The summed E-state index contributed by atoms with van der Waals surface area (Å²) in [6.45, 7) is 15.0. The molecule has 0 unspecified atom stereocenters. The summed E-state index contributed by atoms with van der Waals surface area (Å²) in [5.74, 6) is -0.879. The highest BCUT2D eigenvalue weighted by atomic mass is 16.6. The summed E-state index contributed by atoms with van der Waals surface area (Å²) in [6, 6.07) is 12.5. The fraction of sp³-hybridized carbons (Fsp3) is 0.484. The highest BCUT2D eigenvalue weighted by molar-refractivity contribution is 5.92. The van der Waals surface area contributed by atoms with Crippen molar-refractivity contribution in [2.75, 3.05) is 69.7 Å². The standard InChI is InChI=1S/C31H44N4O8/c1-6-34(7-2)18-20-40-28(36)24-10-14-26(15-11-24)32-30(38)42-22-23(5)43-31(39)33-27-16-12-25(13-17-27)29(37)41-21-19-35(8-3)9-4/h10-17,23H,6-9,18-22H2,1-5H3,(H,32,38)(H,33,39)/t23-/m0/s1. The number of carbonyl (C=O) groups is 4. The molecule has 43 heavy (non-hydrogen) atoms. The van der Waals surface area contributed by atoms with Crippen molar-refractivity contribution in [3.63, 3.8) is 0 Å². The number of nitrogens with one attached hydrogen (secondary N) is 2. The maximum atomic E-state index is 12.2. The molecule has 0 saturated carbocycles. The van der Waals surface area contributed by atoms with Crippen LogP contribution in [0.5, 0.6) is 0 Å². The first-order valence-corrected chi connectivity index (χ1v) is 14.6. The van der Waals surface area contributed by atoms with Gasteiger partial charge in [-0.25, -0.2) is 19.2 Å². The van der Waals surface area contributed by atoms with Gasteiger partial charge in [-0.05, 0) is 81.6 Å². The molecule has 0 heterocycles. The molecule has 1 atom stereocenters. The van der Waals surface area contributed by atoms with Crippen molar-refractivity contribution in [1.29, 1.82) is 0 Å². The van der Waals surface area contributed by atoms with E-state index in [0.29, 0.717) is 48.8 Å². The molecule has 2 N–H and O–H groups in total. The molecule has 0 fully saturated rings. The monoisotopic (exact) mass is 600 g/mol. The number of esters is 2. The summed E-state index contributed by atoms with van der Waals surface area (Å²) in [5, 5.41) is 5.11. The van der Waals surface area contributed by atoms with Crippen molar-refractivity contribution >= 4 is 35.5 Å². The second kappa shape index (κ2) is 19.1. The van der Waals surface area contributed by atoms with Gasteiger partial charge in [-0.1, -0.05) is 27.7 Å². The highest BCUT2D eigenvalue weighted by Gasteiger charge is 2.15. The summed E-state index contributed by atoms with van der Waals surface area (Å²) >= 11 is 0. The Balaban J connectivity index is 1.69. The molecule has 2 aromatic carbocycles. The molecule has 236 valence electrons. The molecule has 2 rings (SSSR count). The number of nitrogens with zero attached hydrogens (tertiary/aromatic N) is 2. The predicted molar refractivity (Wildman–Crippen MR) is 164 cm³/mol. The Hall–Kier alpha value is -4.16. The number of rotatable bonds is 17. The third-order valence-corrected chi connectivity index (χ3v) is 6.56. The van der Waals surface area contributed by atoms with E-state index in [1.807, 2.05) is 27.7 Å². The zero-order chi connectivity index (χ0) is 31.6. The fourth-order valence-corrected chi connectivity index (χ4v) is 3.87. The van der Waals surface area contributed by atoms with Gasteiger partial charge >= 0.3 is 24.1 Å². The zero-order valence-electron chi connectivity index (χ0n) is 25.7. The fourth-order valence-electron chi connectivity index (χ4n) is 3.87. The van der Waals surface area contributed by atoms with Gasteiger partial charge in [0.1, 0.15) is 25.9 Å². The van der Waals surface area contributed by atoms with Crippen LogP contribution in [0.25, 0.3) is 0 Å². The largest absolute Gasteiger partial charge is 0.461 e. The van der Waals surface area contributed by atoms with Crippen molar-refractivity contribution in [1.82, 2.24) is 9.80 Å². The quantitative estimate of drug-likeness (QED) is 0.191. The number of benzene rings is 2. The van der Waals surface area contributed by atoms with Gasteiger partial charge in [-0.2, -0.15) is 0 Å². The smallest absolute Gasteiger partial charge is 0.412 e. The maximum absolute atomic E-state index is 12.2. The number of likely N-dealkylation sites (N-methyl/N-ethyl adjacent to an activating group) is 2. The van der Waals surface area contributed by atoms with Gasteiger partial charge in [-0.15, -0.1) is 0 Å². The van der Waals surface area contributed by atoms with Gasteiger partial charge in [-0.3, -0.25) is 10.6 Å². The molecule has 0 aliphatic carbocycles. The maximum Gasteiger partial charge on any atom is 0.412 e. The van der Waals surface area contributed by atoms with Crippen LogP contribution in [0.3, 0.4) is 0 Å². The first kappa shape index (κ1) is 35.0. The number of amides is 2. The van der Waals surface area contributed by atoms with Crippen LogP contribution in [0, 0.1) is 0 Å². The van der Waals surface area contributed by atoms with Gasteiger partial charge in [0.25, 0.3) is 0 Å². The van der Waals surface area contributed by atoms with Crippen LogP contribution in [0.15, 0.2) is 48.5 Å². The van der Waals surface area contributed by atoms with E-state index in [1.165, 1.54) is 0 Å². The molecule has 12 heteroatoms. The Labute approximate surface area is 253 Å². The number of carbonyl (C=O) groups excluding carboxylic acids is 4. The molecule has 0 aliphatic heterocycles. The number of anilines is 2. The molecule has 2 aromatic rings. The van der Waals surface area contributed by atoms with Crippen LogP contribution in [-0.2, 0) is 18.9 Å². The Bertz CT molecular complexity index is 1150. The topological polar surface area (TPSA) is 136 Å². The Morgan fingerprint density at radius 3 is 1.42 bits per heavy atom. The van der Waals surface area contributed by atoms with E-state index in [0.717, 1.165) is 26.2 Å². The van der Waals surface area contributed by atoms with Crippen LogP contribution < -0.4 is 10.6 Å². The molecule has 0 aliphatic rings. The minimum atomic E-state index is -0.745. The molecule has 0 saturated heterocycles. The second-order valence-corrected chi connectivity index (χ2v) is 9.54. The van der Waals surface area contributed by atoms with E-state index in [9.17, 15) is 19.2 Å². The number of hydrogen-bond acceptors (Lipinski definition) is 10. The van der Waals surface area contributed by atoms with E-state index < -0.39 is 30.2 Å². The lowest BCUT2D eigenvalue weighted by Gasteiger charge is -2.17. The average Bonchev–Trinajstić information content (AvgIpc) is 3.01. The lowest BCUT2D eigenvalue weighted by atomic mass is 10.2. The molecule has 0 spiro atoms. The van der Waals surface area contributed by atoms with E-state index in [1.54, 1.807) is 55.5 Å². The van der Waals surface area contributed by atoms with Crippen LogP contribution >= 0.6 is 0 Å². The average molecular weight is 601 g/mol. The third kappa shape index (κ3) is 13.1. The van der Waals surface area contributed by atoms with E-state index in [4.69, 9.17) is 18.9 Å².